The van der Waals surface area contributed by atoms with E-state index in [2.05, 4.69) is 66.3 Å². The minimum atomic E-state index is 0.576. The van der Waals surface area contributed by atoms with Gasteiger partial charge in [-0.2, -0.15) is 0 Å². The Bertz CT molecular complexity index is 634. The second-order valence-corrected chi connectivity index (χ2v) is 9.85. The van der Waals surface area contributed by atoms with E-state index in [9.17, 15) is 0 Å². The predicted octanol–water partition coefficient (Wildman–Crippen LogP) is 9.56. The van der Waals surface area contributed by atoms with Gasteiger partial charge in [0.1, 0.15) is 0 Å². The standard InChI is InChI=1S/C30H50N2/c1-3-5-7-8-9-10-11-12-13-14-19-22-29(26-28-20-17-15-18-21-28)30(23-16-6-4-2)32-25-24-31-27-32/h15,17-18,20-21,24-25,27,29-30H,3-14,16,19,22-23,26H2,1-2H3. The lowest BCUT2D eigenvalue weighted by molar-refractivity contribution is 0.276. The van der Waals surface area contributed by atoms with E-state index in [1.807, 2.05) is 6.20 Å². The molecule has 2 heteroatoms. The summed E-state index contributed by atoms with van der Waals surface area (Å²) in [7, 11) is 0. The Morgan fingerprint density at radius 3 is 1.84 bits per heavy atom. The highest BCUT2D eigenvalue weighted by atomic mass is 15.1. The maximum atomic E-state index is 4.39. The van der Waals surface area contributed by atoms with Crippen LogP contribution in [0.3, 0.4) is 0 Å². The Morgan fingerprint density at radius 1 is 0.688 bits per heavy atom. The molecule has 1 aromatic carbocycles. The van der Waals surface area contributed by atoms with Gasteiger partial charge in [0.05, 0.1) is 6.33 Å². The number of rotatable bonds is 20. The van der Waals surface area contributed by atoms with Crippen molar-refractivity contribution in [1.82, 2.24) is 9.55 Å². The summed E-state index contributed by atoms with van der Waals surface area (Å²) in [5, 5.41) is 0. The average Bonchev–Trinajstić information content (AvgIpc) is 3.35. The van der Waals surface area contributed by atoms with E-state index < -0.39 is 0 Å². The van der Waals surface area contributed by atoms with E-state index in [1.165, 1.54) is 115 Å². The summed E-state index contributed by atoms with van der Waals surface area (Å²) in [6, 6.07) is 11.7. The summed E-state index contributed by atoms with van der Waals surface area (Å²) in [6.07, 6.45) is 29.5. The lowest BCUT2D eigenvalue weighted by atomic mass is 9.84. The minimum absolute atomic E-state index is 0.576. The van der Waals surface area contributed by atoms with E-state index in [4.69, 9.17) is 0 Å². The van der Waals surface area contributed by atoms with Gasteiger partial charge < -0.3 is 4.57 Å². The van der Waals surface area contributed by atoms with Gasteiger partial charge in [-0.15, -0.1) is 0 Å². The van der Waals surface area contributed by atoms with Gasteiger partial charge in [-0.25, -0.2) is 4.98 Å². The lowest BCUT2D eigenvalue weighted by Crippen LogP contribution is -2.21. The molecule has 0 aliphatic heterocycles. The van der Waals surface area contributed by atoms with Crippen molar-refractivity contribution in [2.75, 3.05) is 0 Å². The Balaban J connectivity index is 1.80. The molecule has 0 aliphatic carbocycles. The molecule has 180 valence electrons. The first kappa shape index (κ1) is 26.7. The van der Waals surface area contributed by atoms with E-state index in [0.29, 0.717) is 12.0 Å². The molecule has 2 rings (SSSR count). The molecule has 0 saturated carbocycles. The second kappa shape index (κ2) is 17.9. The molecule has 0 saturated heterocycles. The fourth-order valence-corrected chi connectivity index (χ4v) is 5.12. The van der Waals surface area contributed by atoms with Crippen LogP contribution in [0, 0.1) is 5.92 Å². The Kier molecular flexibility index (Phi) is 14.9. The zero-order valence-corrected chi connectivity index (χ0v) is 21.2. The minimum Gasteiger partial charge on any atom is -0.334 e. The number of hydrogen-bond donors (Lipinski definition) is 0. The molecular weight excluding hydrogens is 388 g/mol. The molecule has 0 bridgehead atoms. The first-order valence-corrected chi connectivity index (χ1v) is 13.9. The van der Waals surface area contributed by atoms with E-state index in [-0.39, 0.29) is 0 Å². The fraction of sp³-hybridized carbons (Fsp3) is 0.700. The monoisotopic (exact) mass is 438 g/mol. The third kappa shape index (κ3) is 11.3. The van der Waals surface area contributed by atoms with E-state index in [1.54, 1.807) is 0 Å². The van der Waals surface area contributed by atoms with Crippen LogP contribution in [0.4, 0.5) is 0 Å². The van der Waals surface area contributed by atoms with Crippen molar-refractivity contribution in [1.29, 1.82) is 0 Å². The Hall–Kier alpha value is -1.57. The van der Waals surface area contributed by atoms with Gasteiger partial charge in [-0.3, -0.25) is 0 Å². The van der Waals surface area contributed by atoms with Gasteiger partial charge in [-0.05, 0) is 30.7 Å². The van der Waals surface area contributed by atoms with Gasteiger partial charge in [0.25, 0.3) is 0 Å². The first-order chi connectivity index (χ1) is 15.8. The van der Waals surface area contributed by atoms with Crippen LogP contribution in [-0.4, -0.2) is 9.55 Å². The molecule has 0 fully saturated rings. The van der Waals surface area contributed by atoms with Gasteiger partial charge in [0, 0.05) is 18.4 Å². The van der Waals surface area contributed by atoms with Crippen LogP contribution in [0.1, 0.15) is 128 Å². The average molecular weight is 439 g/mol. The van der Waals surface area contributed by atoms with Crippen molar-refractivity contribution in [2.45, 2.75) is 129 Å². The lowest BCUT2D eigenvalue weighted by Gasteiger charge is -2.29. The molecule has 0 N–H and O–H groups in total. The molecule has 0 radical (unpaired) electrons. The van der Waals surface area contributed by atoms with E-state index in [0.717, 1.165) is 0 Å². The number of nitrogens with zero attached hydrogens (tertiary/aromatic N) is 2. The third-order valence-electron chi connectivity index (χ3n) is 7.07. The van der Waals surface area contributed by atoms with Crippen LogP contribution in [0.25, 0.3) is 0 Å². The summed E-state index contributed by atoms with van der Waals surface area (Å²) in [6.45, 7) is 4.60. The van der Waals surface area contributed by atoms with Crippen molar-refractivity contribution in [3.63, 3.8) is 0 Å². The summed E-state index contributed by atoms with van der Waals surface area (Å²) in [4.78, 5) is 4.39. The molecule has 2 atom stereocenters. The molecule has 32 heavy (non-hydrogen) atoms. The first-order valence-electron chi connectivity index (χ1n) is 13.9. The zero-order chi connectivity index (χ0) is 22.7. The number of aromatic nitrogens is 2. The number of benzene rings is 1. The van der Waals surface area contributed by atoms with Crippen LogP contribution in [0.2, 0.25) is 0 Å². The maximum absolute atomic E-state index is 4.39. The van der Waals surface area contributed by atoms with Crippen molar-refractivity contribution in [3.8, 4) is 0 Å². The zero-order valence-electron chi connectivity index (χ0n) is 21.2. The van der Waals surface area contributed by atoms with Crippen molar-refractivity contribution in [2.24, 2.45) is 5.92 Å². The van der Waals surface area contributed by atoms with Crippen molar-refractivity contribution in [3.05, 3.63) is 54.6 Å². The van der Waals surface area contributed by atoms with E-state index >= 15 is 0 Å². The molecular formula is C30H50N2. The van der Waals surface area contributed by atoms with Crippen LogP contribution in [0.15, 0.2) is 49.1 Å². The van der Waals surface area contributed by atoms with Crippen LogP contribution in [-0.2, 0) is 6.42 Å². The summed E-state index contributed by atoms with van der Waals surface area (Å²) in [5.41, 5.74) is 1.49. The second-order valence-electron chi connectivity index (χ2n) is 9.85. The fourth-order valence-electron chi connectivity index (χ4n) is 5.12. The van der Waals surface area contributed by atoms with Crippen LogP contribution >= 0.6 is 0 Å². The smallest absolute Gasteiger partial charge is 0.0948 e. The third-order valence-corrected chi connectivity index (χ3v) is 7.07. The molecule has 0 aliphatic rings. The molecule has 1 heterocycles. The molecule has 1 aromatic heterocycles. The SMILES string of the molecule is CCCCCCCCCCCCCC(Cc1ccccc1)C(CCCCC)n1ccnc1. The highest BCUT2D eigenvalue weighted by molar-refractivity contribution is 5.15. The van der Waals surface area contributed by atoms with Crippen molar-refractivity contribution >= 4 is 0 Å². The Labute approximate surface area is 199 Å². The van der Waals surface area contributed by atoms with Crippen molar-refractivity contribution < 1.29 is 0 Å². The van der Waals surface area contributed by atoms with Gasteiger partial charge in [0.15, 0.2) is 0 Å². The molecule has 0 amide bonds. The number of unbranched alkanes of at least 4 members (excludes halogenated alkanes) is 12. The van der Waals surface area contributed by atoms with Gasteiger partial charge in [-0.1, -0.05) is 134 Å². The summed E-state index contributed by atoms with van der Waals surface area (Å²) < 4.78 is 2.40. The van der Waals surface area contributed by atoms with Crippen LogP contribution in [0.5, 0.6) is 0 Å². The normalized spacial score (nSPS) is 13.3. The van der Waals surface area contributed by atoms with Gasteiger partial charge >= 0.3 is 0 Å². The topological polar surface area (TPSA) is 17.8 Å². The maximum Gasteiger partial charge on any atom is 0.0948 e. The highest BCUT2D eigenvalue weighted by Crippen LogP contribution is 2.32. The quantitative estimate of drug-likeness (QED) is 0.188. The predicted molar refractivity (Wildman–Crippen MR) is 140 cm³/mol. The molecule has 2 aromatic rings. The summed E-state index contributed by atoms with van der Waals surface area (Å²) >= 11 is 0. The molecule has 2 nitrogen and oxygen atoms in total. The molecule has 0 spiro atoms. The highest BCUT2D eigenvalue weighted by Gasteiger charge is 2.22. The Morgan fingerprint density at radius 2 is 1.25 bits per heavy atom. The summed E-state index contributed by atoms with van der Waals surface area (Å²) in [5.74, 6) is 0.696. The van der Waals surface area contributed by atoms with Crippen LogP contribution < -0.4 is 0 Å². The van der Waals surface area contributed by atoms with Gasteiger partial charge in [0.2, 0.25) is 0 Å². The number of hydrogen-bond acceptors (Lipinski definition) is 1. The number of imidazole rings is 1. The largest absolute Gasteiger partial charge is 0.334 e. The molecule has 2 unspecified atom stereocenters.